The summed E-state index contributed by atoms with van der Waals surface area (Å²) in [4.78, 5) is 0. The normalized spacial score (nSPS) is 11.4. The van der Waals surface area contributed by atoms with Gasteiger partial charge in [0.05, 0.1) is 5.56 Å². The van der Waals surface area contributed by atoms with Crippen LogP contribution in [-0.2, 0) is 12.7 Å². The van der Waals surface area contributed by atoms with Crippen molar-refractivity contribution in [3.8, 4) is 5.75 Å². The Morgan fingerprint density at radius 2 is 1.80 bits per heavy atom. The first-order valence-electron chi connectivity index (χ1n) is 5.75. The third kappa shape index (κ3) is 3.45. The minimum atomic E-state index is -4.36. The number of halogens is 4. The molecule has 0 aliphatic rings. The van der Waals surface area contributed by atoms with Crippen LogP contribution in [0.2, 0.25) is 0 Å². The molecule has 0 saturated heterocycles. The Bertz CT molecular complexity index is 614. The second kappa shape index (κ2) is 5.75. The van der Waals surface area contributed by atoms with Gasteiger partial charge in [-0.05, 0) is 40.2 Å². The van der Waals surface area contributed by atoms with E-state index < -0.39 is 11.7 Å². The Morgan fingerprint density at radius 3 is 2.40 bits per heavy atom. The SMILES string of the molecule is Oc1ccccc1CNc1ccc(C(F)(F)F)cc1Br. The van der Waals surface area contributed by atoms with Gasteiger partial charge in [0.1, 0.15) is 5.75 Å². The van der Waals surface area contributed by atoms with E-state index in [2.05, 4.69) is 21.2 Å². The van der Waals surface area contributed by atoms with Crippen molar-refractivity contribution in [2.24, 2.45) is 0 Å². The van der Waals surface area contributed by atoms with E-state index in [9.17, 15) is 18.3 Å². The van der Waals surface area contributed by atoms with Crippen LogP contribution in [-0.4, -0.2) is 5.11 Å². The van der Waals surface area contributed by atoms with Gasteiger partial charge in [-0.2, -0.15) is 13.2 Å². The highest BCUT2D eigenvalue weighted by atomic mass is 79.9. The van der Waals surface area contributed by atoms with Gasteiger partial charge in [0.25, 0.3) is 0 Å². The van der Waals surface area contributed by atoms with Gasteiger partial charge in [0, 0.05) is 22.3 Å². The van der Waals surface area contributed by atoms with Crippen molar-refractivity contribution in [1.82, 2.24) is 0 Å². The molecular formula is C14H11BrF3NO. The summed E-state index contributed by atoms with van der Waals surface area (Å²) in [5.41, 5.74) is 0.484. The zero-order chi connectivity index (χ0) is 14.8. The Labute approximate surface area is 122 Å². The van der Waals surface area contributed by atoms with E-state index in [1.54, 1.807) is 24.3 Å². The Balaban J connectivity index is 2.13. The number of rotatable bonds is 3. The van der Waals surface area contributed by atoms with E-state index in [0.29, 0.717) is 22.3 Å². The number of anilines is 1. The first-order valence-corrected chi connectivity index (χ1v) is 6.55. The Morgan fingerprint density at radius 1 is 1.10 bits per heavy atom. The molecule has 0 heterocycles. The minimum absolute atomic E-state index is 0.142. The molecule has 2 nitrogen and oxygen atoms in total. The molecule has 0 spiro atoms. The lowest BCUT2D eigenvalue weighted by Gasteiger charge is -2.12. The summed E-state index contributed by atoms with van der Waals surface area (Å²) in [6.45, 7) is 0.316. The smallest absolute Gasteiger partial charge is 0.416 e. The zero-order valence-corrected chi connectivity index (χ0v) is 11.8. The largest absolute Gasteiger partial charge is 0.508 e. The fourth-order valence-electron chi connectivity index (χ4n) is 1.69. The molecule has 20 heavy (non-hydrogen) atoms. The van der Waals surface area contributed by atoms with E-state index >= 15 is 0 Å². The van der Waals surface area contributed by atoms with Gasteiger partial charge in [-0.25, -0.2) is 0 Å². The molecule has 2 N–H and O–H groups in total. The van der Waals surface area contributed by atoms with E-state index in [1.807, 2.05) is 0 Å². The molecule has 106 valence electrons. The van der Waals surface area contributed by atoms with Crippen molar-refractivity contribution >= 4 is 21.6 Å². The number of hydrogen-bond acceptors (Lipinski definition) is 2. The molecule has 0 saturated carbocycles. The molecule has 0 aliphatic heterocycles. The topological polar surface area (TPSA) is 32.3 Å². The van der Waals surface area contributed by atoms with Gasteiger partial charge in [-0.1, -0.05) is 18.2 Å². The number of para-hydroxylation sites is 1. The van der Waals surface area contributed by atoms with Crippen LogP contribution in [0.5, 0.6) is 5.75 Å². The summed E-state index contributed by atoms with van der Waals surface area (Å²) in [5.74, 6) is 0.142. The average molecular weight is 346 g/mol. The van der Waals surface area contributed by atoms with Crippen LogP contribution < -0.4 is 5.32 Å². The maximum Gasteiger partial charge on any atom is 0.416 e. The van der Waals surface area contributed by atoms with E-state index in [-0.39, 0.29) is 5.75 Å². The number of phenolic OH excluding ortho intramolecular Hbond substituents is 1. The highest BCUT2D eigenvalue weighted by Gasteiger charge is 2.30. The maximum atomic E-state index is 12.5. The molecule has 0 radical (unpaired) electrons. The van der Waals surface area contributed by atoms with Gasteiger partial charge in [0.15, 0.2) is 0 Å². The van der Waals surface area contributed by atoms with E-state index in [1.165, 1.54) is 6.07 Å². The van der Waals surface area contributed by atoms with Crippen molar-refractivity contribution in [2.75, 3.05) is 5.32 Å². The van der Waals surface area contributed by atoms with Gasteiger partial charge in [-0.3, -0.25) is 0 Å². The lowest BCUT2D eigenvalue weighted by atomic mass is 10.1. The van der Waals surface area contributed by atoms with Crippen molar-refractivity contribution in [3.63, 3.8) is 0 Å². The standard InChI is InChI=1S/C14H11BrF3NO/c15-11-7-10(14(16,17)18)5-6-12(11)19-8-9-3-1-2-4-13(9)20/h1-7,19-20H,8H2. The Kier molecular flexibility index (Phi) is 4.23. The molecule has 2 aromatic rings. The summed E-state index contributed by atoms with van der Waals surface area (Å²) in [5, 5.41) is 12.6. The number of hydrogen-bond donors (Lipinski definition) is 2. The van der Waals surface area contributed by atoms with Crippen molar-refractivity contribution in [1.29, 1.82) is 0 Å². The molecule has 0 amide bonds. The summed E-state index contributed by atoms with van der Waals surface area (Å²) in [7, 11) is 0. The maximum absolute atomic E-state index is 12.5. The van der Waals surface area contributed by atoms with E-state index in [0.717, 1.165) is 12.1 Å². The van der Waals surface area contributed by atoms with Crippen LogP contribution >= 0.6 is 15.9 Å². The highest BCUT2D eigenvalue weighted by Crippen LogP contribution is 2.34. The summed E-state index contributed by atoms with van der Waals surface area (Å²) in [6.07, 6.45) is -4.36. The second-order valence-electron chi connectivity index (χ2n) is 4.17. The van der Waals surface area contributed by atoms with Crippen molar-refractivity contribution in [3.05, 3.63) is 58.1 Å². The first-order chi connectivity index (χ1) is 9.38. The Hall–Kier alpha value is -1.69. The van der Waals surface area contributed by atoms with Crippen LogP contribution in [0.4, 0.5) is 18.9 Å². The predicted octanol–water partition coefficient (Wildman–Crippen LogP) is 4.79. The van der Waals surface area contributed by atoms with Crippen LogP contribution in [0.25, 0.3) is 0 Å². The average Bonchev–Trinajstić information content (AvgIpc) is 2.38. The highest BCUT2D eigenvalue weighted by molar-refractivity contribution is 9.10. The third-order valence-corrected chi connectivity index (χ3v) is 3.41. The number of nitrogens with one attached hydrogen (secondary N) is 1. The molecule has 0 unspecified atom stereocenters. The van der Waals surface area contributed by atoms with E-state index in [4.69, 9.17) is 0 Å². The third-order valence-electron chi connectivity index (χ3n) is 2.76. The summed E-state index contributed by atoms with van der Waals surface area (Å²) >= 11 is 3.11. The van der Waals surface area contributed by atoms with Crippen LogP contribution in [0.1, 0.15) is 11.1 Å². The summed E-state index contributed by atoms with van der Waals surface area (Å²) in [6, 6.07) is 10.2. The number of phenols is 1. The predicted molar refractivity (Wildman–Crippen MR) is 74.6 cm³/mol. The molecule has 0 fully saturated rings. The van der Waals surface area contributed by atoms with Gasteiger partial charge in [0.2, 0.25) is 0 Å². The van der Waals surface area contributed by atoms with Crippen LogP contribution in [0.3, 0.4) is 0 Å². The van der Waals surface area contributed by atoms with Gasteiger partial charge < -0.3 is 10.4 Å². The second-order valence-corrected chi connectivity index (χ2v) is 5.03. The number of aromatic hydroxyl groups is 1. The molecular weight excluding hydrogens is 335 g/mol. The summed E-state index contributed by atoms with van der Waals surface area (Å²) < 4.78 is 37.9. The van der Waals surface area contributed by atoms with Crippen molar-refractivity contribution < 1.29 is 18.3 Å². The fraction of sp³-hybridized carbons (Fsp3) is 0.143. The first kappa shape index (κ1) is 14.7. The zero-order valence-electron chi connectivity index (χ0n) is 10.2. The van der Waals surface area contributed by atoms with Crippen LogP contribution in [0, 0.1) is 0 Å². The lowest BCUT2D eigenvalue weighted by Crippen LogP contribution is -2.06. The quantitative estimate of drug-likeness (QED) is 0.838. The molecule has 0 atom stereocenters. The monoisotopic (exact) mass is 345 g/mol. The van der Waals surface area contributed by atoms with Gasteiger partial charge in [-0.15, -0.1) is 0 Å². The van der Waals surface area contributed by atoms with Gasteiger partial charge >= 0.3 is 6.18 Å². The molecule has 0 aliphatic carbocycles. The number of alkyl halides is 3. The lowest BCUT2D eigenvalue weighted by molar-refractivity contribution is -0.137. The molecule has 6 heteroatoms. The fourth-order valence-corrected chi connectivity index (χ4v) is 2.20. The minimum Gasteiger partial charge on any atom is -0.508 e. The molecule has 0 aromatic heterocycles. The number of benzene rings is 2. The van der Waals surface area contributed by atoms with Crippen molar-refractivity contribution in [2.45, 2.75) is 12.7 Å². The van der Waals surface area contributed by atoms with Crippen LogP contribution in [0.15, 0.2) is 46.9 Å². The molecule has 0 bridgehead atoms. The molecule has 2 aromatic carbocycles. The molecule has 2 rings (SSSR count).